The zero-order valence-corrected chi connectivity index (χ0v) is 18.3. The van der Waals surface area contributed by atoms with Crippen molar-refractivity contribution in [1.82, 2.24) is 0 Å². The van der Waals surface area contributed by atoms with E-state index in [4.69, 9.17) is 0 Å². The predicted octanol–water partition coefficient (Wildman–Crippen LogP) is 6.62. The van der Waals surface area contributed by atoms with Gasteiger partial charge in [0.1, 0.15) is 0 Å². The Labute approximate surface area is 170 Å². The number of carboxylic acids is 2. The maximum absolute atomic E-state index is 11.7. The number of aliphatic carboxylic acids is 2. The van der Waals surface area contributed by atoms with Crippen molar-refractivity contribution in [1.29, 1.82) is 0 Å². The molecule has 0 saturated heterocycles. The van der Waals surface area contributed by atoms with Crippen molar-refractivity contribution in [3.05, 3.63) is 57.7 Å². The molecule has 0 aromatic heterocycles. The summed E-state index contributed by atoms with van der Waals surface area (Å²) >= 11 is 0. The average Bonchev–Trinajstić information content (AvgIpc) is 2.56. The van der Waals surface area contributed by atoms with Gasteiger partial charge < -0.3 is 10.2 Å². The lowest BCUT2D eigenvalue weighted by molar-refractivity contribution is -0.136. The average molecular weight is 389 g/mol. The van der Waals surface area contributed by atoms with Gasteiger partial charge in [-0.15, -0.1) is 0 Å². The lowest BCUT2D eigenvalue weighted by atomic mass is 9.98. The third-order valence-corrected chi connectivity index (χ3v) is 4.37. The molecule has 0 radical (unpaired) electrons. The molecule has 0 aromatic rings. The Balaban J connectivity index is 5.31. The molecule has 4 nitrogen and oxygen atoms in total. The van der Waals surface area contributed by atoms with Crippen molar-refractivity contribution in [2.24, 2.45) is 0 Å². The van der Waals surface area contributed by atoms with Crippen LogP contribution in [0.25, 0.3) is 0 Å². The third-order valence-electron chi connectivity index (χ3n) is 4.37. The maximum atomic E-state index is 11.7. The SMILES string of the molecule is CC(C)=CCC/C(C)=C/C/C(C(=O)O)=C(/C/C=C(\C)CCC=C(C)C)C(=O)O. The Morgan fingerprint density at radius 1 is 0.607 bits per heavy atom. The standard InChI is InChI=1S/C24H36O4/c1-17(2)9-7-11-19(5)13-15-21(23(25)26)22(24(27)28)16-14-20(6)12-8-10-18(3)4/h9-10,13-14H,7-8,11-12,15-16H2,1-6H3,(H,25,26)(H,27,28)/b19-13+,20-14+,22-21+. The summed E-state index contributed by atoms with van der Waals surface area (Å²) in [6.07, 6.45) is 11.7. The Kier molecular flexibility index (Phi) is 12.6. The van der Waals surface area contributed by atoms with Gasteiger partial charge in [-0.2, -0.15) is 0 Å². The van der Waals surface area contributed by atoms with E-state index < -0.39 is 11.9 Å². The lowest BCUT2D eigenvalue weighted by Gasteiger charge is -2.07. The van der Waals surface area contributed by atoms with Gasteiger partial charge in [0.15, 0.2) is 0 Å². The van der Waals surface area contributed by atoms with Crippen LogP contribution in [0.15, 0.2) is 57.7 Å². The number of hydrogen-bond donors (Lipinski definition) is 2. The van der Waals surface area contributed by atoms with Crippen LogP contribution in [0.3, 0.4) is 0 Å². The van der Waals surface area contributed by atoms with Gasteiger partial charge in [-0.3, -0.25) is 0 Å². The summed E-state index contributed by atoms with van der Waals surface area (Å²) in [5.41, 5.74) is 4.55. The molecule has 0 aliphatic heterocycles. The number of carboxylic acid groups (broad SMARTS) is 2. The Morgan fingerprint density at radius 2 is 0.929 bits per heavy atom. The van der Waals surface area contributed by atoms with Gasteiger partial charge in [0, 0.05) is 0 Å². The molecule has 0 heterocycles. The van der Waals surface area contributed by atoms with Crippen LogP contribution in [-0.2, 0) is 9.59 Å². The second-order valence-electron chi connectivity index (χ2n) is 7.72. The Morgan fingerprint density at radius 3 is 1.18 bits per heavy atom. The van der Waals surface area contributed by atoms with Crippen LogP contribution in [-0.4, -0.2) is 22.2 Å². The monoisotopic (exact) mass is 388 g/mol. The van der Waals surface area contributed by atoms with Crippen molar-refractivity contribution >= 4 is 11.9 Å². The lowest BCUT2D eigenvalue weighted by Crippen LogP contribution is -2.11. The Bertz CT molecular complexity index is 632. The van der Waals surface area contributed by atoms with Crippen molar-refractivity contribution in [3.8, 4) is 0 Å². The summed E-state index contributed by atoms with van der Waals surface area (Å²) in [6, 6.07) is 0. The molecular weight excluding hydrogens is 352 g/mol. The number of hydrogen-bond acceptors (Lipinski definition) is 2. The first kappa shape index (κ1) is 25.6. The molecular formula is C24H36O4. The Hall–Kier alpha value is -2.36. The van der Waals surface area contributed by atoms with Crippen LogP contribution in [0.2, 0.25) is 0 Å². The smallest absolute Gasteiger partial charge is 0.332 e. The molecule has 0 amide bonds. The van der Waals surface area contributed by atoms with Crippen LogP contribution in [0, 0.1) is 0 Å². The molecule has 0 fully saturated rings. The number of allylic oxidation sites excluding steroid dienone is 8. The van der Waals surface area contributed by atoms with Gasteiger partial charge in [-0.25, -0.2) is 9.59 Å². The fourth-order valence-electron chi connectivity index (χ4n) is 2.61. The van der Waals surface area contributed by atoms with E-state index in [0.717, 1.165) is 36.8 Å². The van der Waals surface area contributed by atoms with Crippen molar-refractivity contribution < 1.29 is 19.8 Å². The van der Waals surface area contributed by atoms with E-state index in [1.165, 1.54) is 11.1 Å². The molecule has 4 heteroatoms. The van der Waals surface area contributed by atoms with E-state index in [2.05, 4.69) is 12.2 Å². The number of carbonyl (C=O) groups is 2. The van der Waals surface area contributed by atoms with Gasteiger partial charge in [-0.05, 0) is 80.1 Å². The molecule has 0 aliphatic rings. The van der Waals surface area contributed by atoms with Crippen LogP contribution >= 0.6 is 0 Å². The molecule has 0 rings (SSSR count). The third kappa shape index (κ3) is 12.1. The first-order chi connectivity index (χ1) is 13.0. The highest BCUT2D eigenvalue weighted by atomic mass is 16.4. The van der Waals surface area contributed by atoms with Crippen LogP contribution in [0.4, 0.5) is 0 Å². The summed E-state index contributed by atoms with van der Waals surface area (Å²) < 4.78 is 0. The summed E-state index contributed by atoms with van der Waals surface area (Å²) in [7, 11) is 0. The highest BCUT2D eigenvalue weighted by molar-refractivity contribution is 5.99. The van der Waals surface area contributed by atoms with Gasteiger partial charge >= 0.3 is 11.9 Å². The van der Waals surface area contributed by atoms with Crippen molar-refractivity contribution in [2.75, 3.05) is 0 Å². The molecule has 28 heavy (non-hydrogen) atoms. The molecule has 0 aliphatic carbocycles. The van der Waals surface area contributed by atoms with E-state index in [-0.39, 0.29) is 24.0 Å². The summed E-state index contributed by atoms with van der Waals surface area (Å²) in [5, 5.41) is 19.1. The fraction of sp³-hybridized carbons (Fsp3) is 0.500. The summed E-state index contributed by atoms with van der Waals surface area (Å²) in [5.74, 6) is -2.33. The van der Waals surface area contributed by atoms with E-state index >= 15 is 0 Å². The van der Waals surface area contributed by atoms with E-state index in [1.807, 2.05) is 53.7 Å². The highest BCUT2D eigenvalue weighted by Crippen LogP contribution is 2.19. The minimum absolute atomic E-state index is 0.0394. The molecule has 0 aromatic carbocycles. The zero-order chi connectivity index (χ0) is 21.7. The van der Waals surface area contributed by atoms with Gasteiger partial charge in [0.25, 0.3) is 0 Å². The van der Waals surface area contributed by atoms with Crippen LogP contribution in [0.1, 0.15) is 80.1 Å². The van der Waals surface area contributed by atoms with E-state index in [1.54, 1.807) is 0 Å². The maximum Gasteiger partial charge on any atom is 0.332 e. The van der Waals surface area contributed by atoms with Crippen LogP contribution < -0.4 is 0 Å². The summed E-state index contributed by atoms with van der Waals surface area (Å²) in [6.45, 7) is 12.1. The first-order valence-corrected chi connectivity index (χ1v) is 9.81. The first-order valence-electron chi connectivity index (χ1n) is 9.81. The molecule has 0 atom stereocenters. The second kappa shape index (κ2) is 13.8. The predicted molar refractivity (Wildman–Crippen MR) is 116 cm³/mol. The quantitative estimate of drug-likeness (QED) is 0.291. The molecule has 2 N–H and O–H groups in total. The largest absolute Gasteiger partial charge is 0.478 e. The summed E-state index contributed by atoms with van der Waals surface area (Å²) in [4.78, 5) is 23.3. The minimum atomic E-state index is -1.17. The van der Waals surface area contributed by atoms with E-state index in [0.29, 0.717) is 0 Å². The van der Waals surface area contributed by atoms with E-state index in [9.17, 15) is 19.8 Å². The van der Waals surface area contributed by atoms with Crippen LogP contribution in [0.5, 0.6) is 0 Å². The highest BCUT2D eigenvalue weighted by Gasteiger charge is 2.18. The molecule has 0 bridgehead atoms. The van der Waals surface area contributed by atoms with Crippen molar-refractivity contribution in [3.63, 3.8) is 0 Å². The normalized spacial score (nSPS) is 12.9. The van der Waals surface area contributed by atoms with Gasteiger partial charge in [-0.1, -0.05) is 46.6 Å². The van der Waals surface area contributed by atoms with Gasteiger partial charge in [0.05, 0.1) is 11.1 Å². The van der Waals surface area contributed by atoms with Crippen molar-refractivity contribution in [2.45, 2.75) is 80.1 Å². The topological polar surface area (TPSA) is 74.6 Å². The number of rotatable bonds is 12. The molecule has 156 valence electrons. The molecule has 0 unspecified atom stereocenters. The zero-order valence-electron chi connectivity index (χ0n) is 18.3. The van der Waals surface area contributed by atoms with Gasteiger partial charge in [0.2, 0.25) is 0 Å². The minimum Gasteiger partial charge on any atom is -0.478 e. The fourth-order valence-corrected chi connectivity index (χ4v) is 2.61. The molecule has 0 saturated carbocycles. The second-order valence-corrected chi connectivity index (χ2v) is 7.72. The molecule has 0 spiro atoms.